The second kappa shape index (κ2) is 6.12. The molecule has 1 unspecified atom stereocenters. The van der Waals surface area contributed by atoms with Crippen molar-refractivity contribution in [1.82, 2.24) is 0 Å². The molecule has 1 atom stereocenters. The van der Waals surface area contributed by atoms with Gasteiger partial charge in [-0.2, -0.15) is 0 Å². The van der Waals surface area contributed by atoms with Gasteiger partial charge in [-0.3, -0.25) is 0 Å². The molecule has 18 heavy (non-hydrogen) atoms. The first-order chi connectivity index (χ1) is 8.38. The lowest BCUT2D eigenvalue weighted by Crippen LogP contribution is -2.10. The zero-order valence-corrected chi connectivity index (χ0v) is 12.5. The smallest absolute Gasteiger partial charge is 0.0402 e. The van der Waals surface area contributed by atoms with E-state index in [0.717, 1.165) is 30.6 Å². The highest BCUT2D eigenvalue weighted by molar-refractivity contribution is 5.70. The van der Waals surface area contributed by atoms with E-state index in [0.29, 0.717) is 11.8 Å². The molecule has 0 saturated heterocycles. The highest BCUT2D eigenvalue weighted by Gasteiger charge is 2.18. The standard InChI is InChI=1S/C16H28N2/c1-6-7-13-9-12(5)15(17)14(16(13)18)11(4)8-10(2)3/h9-11H,6-8,17-18H2,1-5H3. The van der Waals surface area contributed by atoms with E-state index in [1.807, 2.05) is 0 Å². The molecule has 0 aliphatic carbocycles. The van der Waals surface area contributed by atoms with Crippen LogP contribution in [0.15, 0.2) is 6.07 Å². The Labute approximate surface area is 112 Å². The SMILES string of the molecule is CCCc1cc(C)c(N)c(C(C)CC(C)C)c1N. The Morgan fingerprint density at radius 1 is 1.11 bits per heavy atom. The topological polar surface area (TPSA) is 52.0 Å². The summed E-state index contributed by atoms with van der Waals surface area (Å²) in [6.07, 6.45) is 3.28. The van der Waals surface area contributed by atoms with Crippen molar-refractivity contribution in [2.75, 3.05) is 11.5 Å². The van der Waals surface area contributed by atoms with Gasteiger partial charge in [0.05, 0.1) is 0 Å². The molecule has 2 nitrogen and oxygen atoms in total. The molecule has 0 spiro atoms. The van der Waals surface area contributed by atoms with Crippen molar-refractivity contribution in [3.8, 4) is 0 Å². The summed E-state index contributed by atoms with van der Waals surface area (Å²) in [5, 5.41) is 0. The lowest BCUT2D eigenvalue weighted by atomic mass is 9.86. The minimum atomic E-state index is 0.431. The summed E-state index contributed by atoms with van der Waals surface area (Å²) in [5.74, 6) is 1.09. The molecule has 1 aromatic carbocycles. The van der Waals surface area contributed by atoms with Crippen molar-refractivity contribution < 1.29 is 0 Å². The Morgan fingerprint density at radius 3 is 2.22 bits per heavy atom. The Bertz CT molecular complexity index is 408. The maximum absolute atomic E-state index is 6.34. The summed E-state index contributed by atoms with van der Waals surface area (Å²) in [7, 11) is 0. The molecule has 1 rings (SSSR count). The Balaban J connectivity index is 3.23. The fourth-order valence-corrected chi connectivity index (χ4v) is 2.78. The van der Waals surface area contributed by atoms with Crippen LogP contribution in [0.5, 0.6) is 0 Å². The third-order valence-electron chi connectivity index (χ3n) is 3.58. The first-order valence-corrected chi connectivity index (χ1v) is 7.05. The molecule has 0 saturated carbocycles. The van der Waals surface area contributed by atoms with Crippen LogP contribution < -0.4 is 11.5 Å². The number of hydrogen-bond donors (Lipinski definition) is 2. The zero-order valence-electron chi connectivity index (χ0n) is 12.5. The maximum atomic E-state index is 6.34. The summed E-state index contributed by atoms with van der Waals surface area (Å²) < 4.78 is 0. The van der Waals surface area contributed by atoms with Crippen molar-refractivity contribution in [1.29, 1.82) is 0 Å². The molecule has 0 bridgehead atoms. The maximum Gasteiger partial charge on any atom is 0.0402 e. The normalized spacial score (nSPS) is 13.0. The largest absolute Gasteiger partial charge is 0.398 e. The van der Waals surface area contributed by atoms with Gasteiger partial charge in [-0.05, 0) is 42.7 Å². The van der Waals surface area contributed by atoms with Gasteiger partial charge in [0.15, 0.2) is 0 Å². The van der Waals surface area contributed by atoms with Crippen LogP contribution in [0.1, 0.15) is 63.1 Å². The second-order valence-corrected chi connectivity index (χ2v) is 5.87. The number of hydrogen-bond acceptors (Lipinski definition) is 2. The van der Waals surface area contributed by atoms with Gasteiger partial charge in [0.2, 0.25) is 0 Å². The molecule has 0 heterocycles. The van der Waals surface area contributed by atoms with E-state index in [4.69, 9.17) is 11.5 Å². The van der Waals surface area contributed by atoms with Crippen LogP contribution in [0.25, 0.3) is 0 Å². The van der Waals surface area contributed by atoms with Crippen LogP contribution in [0.3, 0.4) is 0 Å². The zero-order chi connectivity index (χ0) is 13.9. The van der Waals surface area contributed by atoms with Crippen LogP contribution in [-0.4, -0.2) is 0 Å². The third kappa shape index (κ3) is 3.18. The predicted octanol–water partition coefficient (Wildman–Crippen LogP) is 4.26. The molecule has 0 aliphatic rings. The van der Waals surface area contributed by atoms with Crippen LogP contribution in [-0.2, 0) is 6.42 Å². The minimum Gasteiger partial charge on any atom is -0.398 e. The van der Waals surface area contributed by atoms with Crippen LogP contribution in [0.4, 0.5) is 11.4 Å². The van der Waals surface area contributed by atoms with E-state index in [1.165, 1.54) is 16.7 Å². The van der Waals surface area contributed by atoms with E-state index in [1.54, 1.807) is 0 Å². The number of nitrogen functional groups attached to an aromatic ring is 2. The number of benzene rings is 1. The van der Waals surface area contributed by atoms with Gasteiger partial charge in [-0.1, -0.05) is 40.2 Å². The van der Waals surface area contributed by atoms with Gasteiger partial charge < -0.3 is 11.5 Å². The first kappa shape index (κ1) is 14.9. The molecule has 102 valence electrons. The summed E-state index contributed by atoms with van der Waals surface area (Å²) in [6.45, 7) is 11.0. The third-order valence-corrected chi connectivity index (χ3v) is 3.58. The van der Waals surface area contributed by atoms with E-state index >= 15 is 0 Å². The van der Waals surface area contributed by atoms with Crippen LogP contribution >= 0.6 is 0 Å². The molecule has 0 aliphatic heterocycles. The quantitative estimate of drug-likeness (QED) is 0.765. The van der Waals surface area contributed by atoms with Gasteiger partial charge in [-0.25, -0.2) is 0 Å². The molecule has 0 amide bonds. The Hall–Kier alpha value is -1.18. The lowest BCUT2D eigenvalue weighted by molar-refractivity contribution is 0.525. The van der Waals surface area contributed by atoms with Crippen molar-refractivity contribution in [2.45, 2.75) is 59.8 Å². The van der Waals surface area contributed by atoms with Gasteiger partial charge in [0.25, 0.3) is 0 Å². The van der Waals surface area contributed by atoms with Crippen molar-refractivity contribution in [2.24, 2.45) is 5.92 Å². The van der Waals surface area contributed by atoms with Gasteiger partial charge in [0.1, 0.15) is 0 Å². The number of rotatable bonds is 5. The first-order valence-electron chi connectivity index (χ1n) is 7.05. The highest BCUT2D eigenvalue weighted by Crippen LogP contribution is 2.37. The molecule has 4 N–H and O–H groups in total. The molecule has 0 radical (unpaired) electrons. The van der Waals surface area contributed by atoms with Gasteiger partial charge >= 0.3 is 0 Å². The predicted molar refractivity (Wildman–Crippen MR) is 81.9 cm³/mol. The van der Waals surface area contributed by atoms with E-state index in [2.05, 4.69) is 40.7 Å². The molecule has 2 heteroatoms. The average Bonchev–Trinajstić information content (AvgIpc) is 2.25. The summed E-state index contributed by atoms with van der Waals surface area (Å²) in [4.78, 5) is 0. The van der Waals surface area contributed by atoms with Crippen molar-refractivity contribution in [3.63, 3.8) is 0 Å². The number of aryl methyl sites for hydroxylation is 2. The monoisotopic (exact) mass is 248 g/mol. The van der Waals surface area contributed by atoms with Gasteiger partial charge in [-0.15, -0.1) is 0 Å². The van der Waals surface area contributed by atoms with Crippen LogP contribution in [0.2, 0.25) is 0 Å². The summed E-state index contributed by atoms with van der Waals surface area (Å²) >= 11 is 0. The summed E-state index contributed by atoms with van der Waals surface area (Å²) in [5.41, 5.74) is 18.0. The number of nitrogens with two attached hydrogens (primary N) is 2. The number of anilines is 2. The van der Waals surface area contributed by atoms with Gasteiger partial charge in [0, 0.05) is 16.9 Å². The fourth-order valence-electron chi connectivity index (χ4n) is 2.78. The van der Waals surface area contributed by atoms with E-state index in [-0.39, 0.29) is 0 Å². The fraction of sp³-hybridized carbons (Fsp3) is 0.625. The summed E-state index contributed by atoms with van der Waals surface area (Å²) in [6, 6.07) is 2.15. The van der Waals surface area contributed by atoms with Crippen LogP contribution in [0, 0.1) is 12.8 Å². The molecule has 1 aromatic rings. The molecular weight excluding hydrogens is 220 g/mol. The highest BCUT2D eigenvalue weighted by atomic mass is 14.6. The molecule has 0 fully saturated rings. The average molecular weight is 248 g/mol. The second-order valence-electron chi connectivity index (χ2n) is 5.87. The lowest BCUT2D eigenvalue weighted by Gasteiger charge is -2.22. The van der Waals surface area contributed by atoms with E-state index < -0.39 is 0 Å². The van der Waals surface area contributed by atoms with Crippen molar-refractivity contribution >= 4 is 11.4 Å². The molecule has 0 aromatic heterocycles. The Kier molecular flexibility index (Phi) is 5.06. The minimum absolute atomic E-state index is 0.431. The molecular formula is C16H28N2. The van der Waals surface area contributed by atoms with E-state index in [9.17, 15) is 0 Å². The Morgan fingerprint density at radius 2 is 1.72 bits per heavy atom. The van der Waals surface area contributed by atoms with Crippen molar-refractivity contribution in [3.05, 3.63) is 22.8 Å².